The Labute approximate surface area is 136 Å². The van der Waals surface area contributed by atoms with Gasteiger partial charge in [-0.15, -0.1) is 0 Å². The number of rotatable bonds is 3. The first-order valence-corrected chi connectivity index (χ1v) is 8.56. The third kappa shape index (κ3) is 2.46. The summed E-state index contributed by atoms with van der Waals surface area (Å²) in [5.41, 5.74) is 1.93. The molecule has 2 aromatic rings. The van der Waals surface area contributed by atoms with E-state index in [4.69, 9.17) is 0 Å². The molecule has 4 nitrogen and oxygen atoms in total. The van der Waals surface area contributed by atoms with Crippen molar-refractivity contribution in [3.05, 3.63) is 53.6 Å². The van der Waals surface area contributed by atoms with Crippen molar-refractivity contribution in [3.8, 4) is 0 Å². The van der Waals surface area contributed by atoms with Gasteiger partial charge < -0.3 is 9.88 Å². The largest absolute Gasteiger partial charge is 0.351 e. The number of imidazole rings is 1. The third-order valence-corrected chi connectivity index (χ3v) is 5.42. The standard InChI is InChI=1S/C19H23N3O/c1-14-12-22-13-16(8-9-17(22)20-14)21-18(23)19(10-5-11-19)15-6-3-2-4-7-15/h2-4,6-7,12,16H,5,8-11,13H2,1H3,(H,21,23)/t16-/m0/s1. The van der Waals surface area contributed by atoms with Crippen LogP contribution in [-0.4, -0.2) is 21.5 Å². The monoisotopic (exact) mass is 309 g/mol. The van der Waals surface area contributed by atoms with E-state index in [9.17, 15) is 4.79 Å². The number of fused-ring (bicyclic) bond motifs is 1. The second-order valence-corrected chi connectivity index (χ2v) is 6.96. The molecule has 23 heavy (non-hydrogen) atoms. The number of nitrogens with one attached hydrogen (secondary N) is 1. The lowest BCUT2D eigenvalue weighted by Gasteiger charge is -2.42. The fourth-order valence-corrected chi connectivity index (χ4v) is 3.96. The van der Waals surface area contributed by atoms with Gasteiger partial charge in [-0.05, 0) is 31.7 Å². The van der Waals surface area contributed by atoms with E-state index in [0.717, 1.165) is 50.2 Å². The maximum absolute atomic E-state index is 13.0. The minimum Gasteiger partial charge on any atom is -0.351 e. The quantitative estimate of drug-likeness (QED) is 0.947. The lowest BCUT2D eigenvalue weighted by molar-refractivity contribution is -0.130. The van der Waals surface area contributed by atoms with Crippen LogP contribution in [0.4, 0.5) is 0 Å². The molecule has 1 N–H and O–H groups in total. The van der Waals surface area contributed by atoms with E-state index in [-0.39, 0.29) is 17.4 Å². The molecule has 0 saturated heterocycles. The van der Waals surface area contributed by atoms with Crippen molar-refractivity contribution in [1.82, 2.24) is 14.9 Å². The SMILES string of the molecule is Cc1cn2c(n1)CC[C@H](NC(=O)C1(c3ccccc3)CCC1)C2. The van der Waals surface area contributed by atoms with Crippen LogP contribution in [0.2, 0.25) is 0 Å². The smallest absolute Gasteiger partial charge is 0.230 e. The highest BCUT2D eigenvalue weighted by molar-refractivity contribution is 5.89. The maximum atomic E-state index is 13.0. The fraction of sp³-hybridized carbons (Fsp3) is 0.474. The van der Waals surface area contributed by atoms with Crippen molar-refractivity contribution in [3.63, 3.8) is 0 Å². The highest BCUT2D eigenvalue weighted by Crippen LogP contribution is 2.44. The van der Waals surface area contributed by atoms with Crippen molar-refractivity contribution >= 4 is 5.91 Å². The molecule has 0 spiro atoms. The Kier molecular flexibility index (Phi) is 3.47. The molecular formula is C19H23N3O. The second kappa shape index (κ2) is 5.52. The molecule has 120 valence electrons. The number of hydrogen-bond donors (Lipinski definition) is 1. The molecule has 1 aromatic carbocycles. The minimum absolute atomic E-state index is 0.209. The Bertz CT molecular complexity index is 715. The van der Waals surface area contributed by atoms with Crippen LogP contribution in [0.5, 0.6) is 0 Å². The molecule has 2 heterocycles. The molecular weight excluding hydrogens is 286 g/mol. The summed E-state index contributed by atoms with van der Waals surface area (Å²) in [6, 6.07) is 10.5. The van der Waals surface area contributed by atoms with E-state index < -0.39 is 0 Å². The molecule has 1 aliphatic heterocycles. The summed E-state index contributed by atoms with van der Waals surface area (Å²) >= 11 is 0. The Morgan fingerprint density at radius 1 is 1.30 bits per heavy atom. The first kappa shape index (κ1) is 14.5. The van der Waals surface area contributed by atoms with Crippen LogP contribution < -0.4 is 5.32 Å². The molecule has 1 fully saturated rings. The van der Waals surface area contributed by atoms with Crippen molar-refractivity contribution in [2.45, 2.75) is 57.0 Å². The molecule has 0 radical (unpaired) electrons. The van der Waals surface area contributed by atoms with Crippen LogP contribution in [0.3, 0.4) is 0 Å². The molecule has 4 heteroatoms. The third-order valence-electron chi connectivity index (χ3n) is 5.42. The zero-order chi connectivity index (χ0) is 15.9. The summed E-state index contributed by atoms with van der Waals surface area (Å²) in [7, 11) is 0. The van der Waals surface area contributed by atoms with Gasteiger partial charge in [0.05, 0.1) is 11.1 Å². The zero-order valence-electron chi connectivity index (χ0n) is 13.6. The van der Waals surface area contributed by atoms with Gasteiger partial charge in [0.2, 0.25) is 5.91 Å². The lowest BCUT2D eigenvalue weighted by atomic mass is 9.63. The van der Waals surface area contributed by atoms with E-state index in [1.165, 1.54) is 5.56 Å². The summed E-state index contributed by atoms with van der Waals surface area (Å²) in [6.07, 6.45) is 7.07. The van der Waals surface area contributed by atoms with E-state index in [0.29, 0.717) is 0 Å². The first-order valence-electron chi connectivity index (χ1n) is 8.56. The Morgan fingerprint density at radius 3 is 2.78 bits per heavy atom. The summed E-state index contributed by atoms with van der Waals surface area (Å²) in [6.45, 7) is 2.87. The summed E-state index contributed by atoms with van der Waals surface area (Å²) < 4.78 is 2.19. The molecule has 1 amide bonds. The van der Waals surface area contributed by atoms with Gasteiger partial charge in [-0.25, -0.2) is 4.98 Å². The van der Waals surface area contributed by atoms with Crippen molar-refractivity contribution < 1.29 is 4.79 Å². The van der Waals surface area contributed by atoms with Gasteiger partial charge in [-0.1, -0.05) is 36.8 Å². The average Bonchev–Trinajstić information content (AvgIpc) is 2.86. The van der Waals surface area contributed by atoms with E-state index in [1.54, 1.807) is 0 Å². The van der Waals surface area contributed by atoms with Crippen molar-refractivity contribution in [2.75, 3.05) is 0 Å². The molecule has 2 aliphatic rings. The van der Waals surface area contributed by atoms with E-state index in [1.807, 2.05) is 25.1 Å². The van der Waals surface area contributed by atoms with Crippen molar-refractivity contribution in [2.24, 2.45) is 0 Å². The fourth-order valence-electron chi connectivity index (χ4n) is 3.96. The van der Waals surface area contributed by atoms with Crippen LogP contribution in [0.1, 0.15) is 42.8 Å². The highest BCUT2D eigenvalue weighted by Gasteiger charge is 2.46. The van der Waals surface area contributed by atoms with Gasteiger partial charge in [-0.3, -0.25) is 4.79 Å². The molecule has 1 saturated carbocycles. The van der Waals surface area contributed by atoms with Gasteiger partial charge in [0.15, 0.2) is 0 Å². The van der Waals surface area contributed by atoms with Crippen LogP contribution >= 0.6 is 0 Å². The number of nitrogens with zero attached hydrogens (tertiary/aromatic N) is 2. The van der Waals surface area contributed by atoms with Gasteiger partial charge in [-0.2, -0.15) is 0 Å². The average molecular weight is 309 g/mol. The minimum atomic E-state index is -0.299. The molecule has 1 aliphatic carbocycles. The predicted molar refractivity (Wildman–Crippen MR) is 89.2 cm³/mol. The zero-order valence-corrected chi connectivity index (χ0v) is 13.6. The number of amides is 1. The summed E-state index contributed by atoms with van der Waals surface area (Å²) in [5, 5.41) is 3.32. The first-order chi connectivity index (χ1) is 11.2. The number of aryl methyl sites for hydroxylation is 2. The molecule has 4 rings (SSSR count). The second-order valence-electron chi connectivity index (χ2n) is 6.96. The Morgan fingerprint density at radius 2 is 2.09 bits per heavy atom. The highest BCUT2D eigenvalue weighted by atomic mass is 16.2. The number of carbonyl (C=O) groups excluding carboxylic acids is 1. The molecule has 0 bridgehead atoms. The van der Waals surface area contributed by atoms with Crippen LogP contribution in [0, 0.1) is 6.92 Å². The van der Waals surface area contributed by atoms with Gasteiger partial charge in [0, 0.05) is 25.2 Å². The van der Waals surface area contributed by atoms with Crippen LogP contribution in [0.25, 0.3) is 0 Å². The van der Waals surface area contributed by atoms with E-state index >= 15 is 0 Å². The molecule has 1 aromatic heterocycles. The van der Waals surface area contributed by atoms with Crippen LogP contribution in [0.15, 0.2) is 36.5 Å². The topological polar surface area (TPSA) is 46.9 Å². The van der Waals surface area contributed by atoms with Gasteiger partial charge >= 0.3 is 0 Å². The predicted octanol–water partition coefficient (Wildman–Crippen LogP) is 2.74. The Hall–Kier alpha value is -2.10. The van der Waals surface area contributed by atoms with Crippen LogP contribution in [-0.2, 0) is 23.2 Å². The number of aromatic nitrogens is 2. The molecule has 0 unspecified atom stereocenters. The maximum Gasteiger partial charge on any atom is 0.230 e. The van der Waals surface area contributed by atoms with E-state index in [2.05, 4.69) is 33.2 Å². The number of hydrogen-bond acceptors (Lipinski definition) is 2. The number of benzene rings is 1. The molecule has 1 atom stereocenters. The van der Waals surface area contributed by atoms with Crippen molar-refractivity contribution in [1.29, 1.82) is 0 Å². The normalized spacial score (nSPS) is 22.0. The number of carbonyl (C=O) groups is 1. The van der Waals surface area contributed by atoms with Gasteiger partial charge in [0.1, 0.15) is 5.82 Å². The summed E-state index contributed by atoms with van der Waals surface area (Å²) in [4.78, 5) is 17.5. The van der Waals surface area contributed by atoms with Gasteiger partial charge in [0.25, 0.3) is 0 Å². The lowest BCUT2D eigenvalue weighted by Crippen LogP contribution is -2.53. The summed E-state index contributed by atoms with van der Waals surface area (Å²) in [5.74, 6) is 1.36. The Balaban J connectivity index is 1.50.